The summed E-state index contributed by atoms with van der Waals surface area (Å²) in [4.78, 5) is 23.8. The molecule has 1 saturated heterocycles. The minimum atomic E-state index is -0.0908. The average Bonchev–Trinajstić information content (AvgIpc) is 2.18. The van der Waals surface area contributed by atoms with Gasteiger partial charge < -0.3 is 15.5 Å². The molecule has 2 N–H and O–H groups in total. The Bertz CT molecular complexity index is 242. The Balaban J connectivity index is 0.00000225. The number of rotatable bonds is 3. The number of amides is 2. The molecule has 1 rings (SSSR count). The molecule has 0 aromatic rings. The van der Waals surface area contributed by atoms with E-state index in [4.69, 9.17) is 0 Å². The van der Waals surface area contributed by atoms with Gasteiger partial charge in [-0.3, -0.25) is 9.59 Å². The van der Waals surface area contributed by atoms with Crippen molar-refractivity contribution in [1.29, 1.82) is 0 Å². The quantitative estimate of drug-likeness (QED) is 0.726. The number of carbonyl (C=O) groups excluding carboxylic acids is 2. The molecule has 1 heterocycles. The van der Waals surface area contributed by atoms with Gasteiger partial charge >= 0.3 is 0 Å². The zero-order valence-corrected chi connectivity index (χ0v) is 10.6. The van der Waals surface area contributed by atoms with Crippen LogP contribution in [0.1, 0.15) is 19.8 Å². The molecular formula is C10H20ClN3O2. The van der Waals surface area contributed by atoms with Gasteiger partial charge in [0.15, 0.2) is 0 Å². The van der Waals surface area contributed by atoms with Crippen molar-refractivity contribution >= 4 is 24.2 Å². The number of nitrogens with one attached hydrogen (secondary N) is 2. The van der Waals surface area contributed by atoms with Crippen molar-refractivity contribution in [1.82, 2.24) is 15.5 Å². The Hall–Kier alpha value is -0.810. The van der Waals surface area contributed by atoms with Crippen LogP contribution >= 0.6 is 12.4 Å². The topological polar surface area (TPSA) is 61.4 Å². The lowest BCUT2D eigenvalue weighted by Gasteiger charge is -2.24. The standard InChI is InChI=1S/C10H19N3O2.ClH/c1-8(14)13(2)7-10(15)12-9-4-3-5-11-6-9;/h9,11H,3-7H2,1-2H3,(H,12,15);1H/t9-;/m1./s1. The minimum absolute atomic E-state index is 0. The summed E-state index contributed by atoms with van der Waals surface area (Å²) < 4.78 is 0. The normalized spacial score (nSPS) is 19.5. The third kappa shape index (κ3) is 5.32. The van der Waals surface area contributed by atoms with Crippen molar-refractivity contribution < 1.29 is 9.59 Å². The Kier molecular flexibility index (Phi) is 7.08. The fourth-order valence-electron chi connectivity index (χ4n) is 1.58. The van der Waals surface area contributed by atoms with Gasteiger partial charge in [-0.15, -0.1) is 12.4 Å². The molecule has 1 atom stereocenters. The molecule has 0 radical (unpaired) electrons. The molecule has 2 amide bonds. The summed E-state index contributed by atoms with van der Waals surface area (Å²) in [5, 5.41) is 6.13. The number of nitrogens with zero attached hydrogens (tertiary/aromatic N) is 1. The van der Waals surface area contributed by atoms with Crippen molar-refractivity contribution in [2.24, 2.45) is 0 Å². The second-order valence-electron chi connectivity index (χ2n) is 3.99. The van der Waals surface area contributed by atoms with Crippen molar-refractivity contribution in [3.63, 3.8) is 0 Å². The molecular weight excluding hydrogens is 230 g/mol. The van der Waals surface area contributed by atoms with Crippen molar-refractivity contribution in [2.45, 2.75) is 25.8 Å². The third-order valence-electron chi connectivity index (χ3n) is 2.58. The predicted molar refractivity (Wildman–Crippen MR) is 64.6 cm³/mol. The molecule has 0 aromatic carbocycles. The highest BCUT2D eigenvalue weighted by Crippen LogP contribution is 2.00. The van der Waals surface area contributed by atoms with E-state index in [2.05, 4.69) is 10.6 Å². The van der Waals surface area contributed by atoms with Gasteiger partial charge in [-0.25, -0.2) is 0 Å². The number of carbonyl (C=O) groups is 2. The van der Waals surface area contributed by atoms with Crippen LogP contribution in [0.3, 0.4) is 0 Å². The summed E-state index contributed by atoms with van der Waals surface area (Å²) in [7, 11) is 1.63. The summed E-state index contributed by atoms with van der Waals surface area (Å²) in [6, 6.07) is 0.214. The molecule has 94 valence electrons. The molecule has 1 fully saturated rings. The molecule has 0 aliphatic carbocycles. The first-order chi connectivity index (χ1) is 7.09. The summed E-state index contributed by atoms with van der Waals surface area (Å²) >= 11 is 0. The molecule has 0 spiro atoms. The van der Waals surface area contributed by atoms with Crippen LogP contribution in [0, 0.1) is 0 Å². The molecule has 16 heavy (non-hydrogen) atoms. The van der Waals surface area contributed by atoms with Crippen LogP contribution < -0.4 is 10.6 Å². The smallest absolute Gasteiger partial charge is 0.239 e. The summed E-state index contributed by atoms with van der Waals surface area (Å²) in [6.45, 7) is 3.45. The van der Waals surface area contributed by atoms with Gasteiger partial charge in [0.2, 0.25) is 11.8 Å². The summed E-state index contributed by atoms with van der Waals surface area (Å²) in [6.07, 6.45) is 2.11. The molecule has 1 aliphatic heterocycles. The molecule has 6 heteroatoms. The van der Waals surface area contributed by atoms with Crippen LogP contribution in [0.15, 0.2) is 0 Å². The number of hydrogen-bond acceptors (Lipinski definition) is 3. The van der Waals surface area contributed by atoms with E-state index in [1.165, 1.54) is 11.8 Å². The largest absolute Gasteiger partial charge is 0.351 e. The van der Waals surface area contributed by atoms with E-state index in [0.717, 1.165) is 25.9 Å². The van der Waals surface area contributed by atoms with E-state index in [0.29, 0.717) is 0 Å². The second-order valence-corrected chi connectivity index (χ2v) is 3.99. The van der Waals surface area contributed by atoms with Crippen LogP contribution in [-0.4, -0.2) is 49.4 Å². The molecule has 0 aromatic heterocycles. The minimum Gasteiger partial charge on any atom is -0.351 e. The molecule has 5 nitrogen and oxygen atoms in total. The fourth-order valence-corrected chi connectivity index (χ4v) is 1.58. The highest BCUT2D eigenvalue weighted by Gasteiger charge is 2.16. The Morgan fingerprint density at radius 2 is 2.19 bits per heavy atom. The van der Waals surface area contributed by atoms with Crippen LogP contribution in [0.25, 0.3) is 0 Å². The van der Waals surface area contributed by atoms with E-state index >= 15 is 0 Å². The lowest BCUT2D eigenvalue weighted by atomic mass is 10.1. The van der Waals surface area contributed by atoms with Gasteiger partial charge in [-0.05, 0) is 19.4 Å². The zero-order valence-electron chi connectivity index (χ0n) is 9.78. The SMILES string of the molecule is CC(=O)N(C)CC(=O)N[C@@H]1CCCNC1.Cl. The summed E-state index contributed by atoms with van der Waals surface area (Å²) in [5.74, 6) is -0.173. The van der Waals surface area contributed by atoms with E-state index in [-0.39, 0.29) is 36.8 Å². The van der Waals surface area contributed by atoms with Gasteiger partial charge in [0, 0.05) is 26.6 Å². The Morgan fingerprint density at radius 3 is 2.69 bits per heavy atom. The average molecular weight is 250 g/mol. The monoisotopic (exact) mass is 249 g/mol. The van der Waals surface area contributed by atoms with Gasteiger partial charge in [-0.1, -0.05) is 0 Å². The first-order valence-corrected chi connectivity index (χ1v) is 5.31. The maximum absolute atomic E-state index is 11.5. The van der Waals surface area contributed by atoms with Crippen molar-refractivity contribution in [3.05, 3.63) is 0 Å². The van der Waals surface area contributed by atoms with Crippen LogP contribution in [0.2, 0.25) is 0 Å². The zero-order chi connectivity index (χ0) is 11.3. The van der Waals surface area contributed by atoms with Gasteiger partial charge in [0.1, 0.15) is 0 Å². The fraction of sp³-hybridized carbons (Fsp3) is 0.800. The molecule has 1 aliphatic rings. The van der Waals surface area contributed by atoms with Crippen molar-refractivity contribution in [3.8, 4) is 0 Å². The van der Waals surface area contributed by atoms with Crippen LogP contribution in [-0.2, 0) is 9.59 Å². The van der Waals surface area contributed by atoms with E-state index in [1.807, 2.05) is 0 Å². The van der Waals surface area contributed by atoms with E-state index in [9.17, 15) is 9.59 Å². The number of hydrogen-bond donors (Lipinski definition) is 2. The third-order valence-corrected chi connectivity index (χ3v) is 2.58. The van der Waals surface area contributed by atoms with Gasteiger partial charge in [0.05, 0.1) is 6.54 Å². The van der Waals surface area contributed by atoms with Crippen molar-refractivity contribution in [2.75, 3.05) is 26.7 Å². The van der Waals surface area contributed by atoms with E-state index < -0.39 is 0 Å². The highest BCUT2D eigenvalue weighted by atomic mass is 35.5. The maximum Gasteiger partial charge on any atom is 0.239 e. The van der Waals surface area contributed by atoms with Gasteiger partial charge in [-0.2, -0.15) is 0 Å². The Morgan fingerprint density at radius 1 is 1.50 bits per heavy atom. The molecule has 0 saturated carbocycles. The second kappa shape index (κ2) is 7.46. The first-order valence-electron chi connectivity index (χ1n) is 5.31. The summed E-state index contributed by atoms with van der Waals surface area (Å²) in [5.41, 5.74) is 0. The van der Waals surface area contributed by atoms with Crippen LogP contribution in [0.4, 0.5) is 0 Å². The molecule has 0 unspecified atom stereocenters. The van der Waals surface area contributed by atoms with E-state index in [1.54, 1.807) is 7.05 Å². The highest BCUT2D eigenvalue weighted by molar-refractivity contribution is 5.85. The number of likely N-dealkylation sites (N-methyl/N-ethyl adjacent to an activating group) is 1. The van der Waals surface area contributed by atoms with Gasteiger partial charge in [0.25, 0.3) is 0 Å². The van der Waals surface area contributed by atoms with Crippen LogP contribution in [0.5, 0.6) is 0 Å². The maximum atomic E-state index is 11.5. The first kappa shape index (κ1) is 15.2. The molecule has 0 bridgehead atoms. The number of piperidine rings is 1. The Labute approximate surface area is 102 Å². The lowest BCUT2D eigenvalue weighted by Crippen LogP contribution is -2.48. The lowest BCUT2D eigenvalue weighted by molar-refractivity contribution is -0.133. The number of halogens is 1. The predicted octanol–water partition coefficient (Wildman–Crippen LogP) is -0.245.